The lowest BCUT2D eigenvalue weighted by Crippen LogP contribution is -2.50. The summed E-state index contributed by atoms with van der Waals surface area (Å²) in [5.74, 6) is -0.807. The van der Waals surface area contributed by atoms with Crippen LogP contribution in [0.1, 0.15) is 23.2 Å². The normalized spacial score (nSPS) is 14.8. The molecule has 1 fully saturated rings. The van der Waals surface area contributed by atoms with Crippen LogP contribution >= 0.6 is 0 Å². The van der Waals surface area contributed by atoms with E-state index in [9.17, 15) is 18.0 Å². The van der Waals surface area contributed by atoms with Crippen molar-refractivity contribution in [3.05, 3.63) is 66.2 Å². The molecule has 5 nitrogen and oxygen atoms in total. The number of halogens is 3. The Morgan fingerprint density at radius 2 is 1.67 bits per heavy atom. The predicted molar refractivity (Wildman–Crippen MR) is 109 cm³/mol. The van der Waals surface area contributed by atoms with Crippen LogP contribution in [0.15, 0.2) is 60.7 Å². The van der Waals surface area contributed by atoms with E-state index in [4.69, 9.17) is 5.73 Å². The quantitative estimate of drug-likeness (QED) is 0.613. The van der Waals surface area contributed by atoms with Crippen LogP contribution in [0, 0.1) is 0 Å². The Balaban J connectivity index is 1.69. The molecule has 1 heterocycles. The lowest BCUT2D eigenvalue weighted by Gasteiger charge is -2.40. The van der Waals surface area contributed by atoms with Gasteiger partial charge in [0, 0.05) is 35.1 Å². The van der Waals surface area contributed by atoms with E-state index in [2.05, 4.69) is 4.74 Å². The van der Waals surface area contributed by atoms with Gasteiger partial charge in [0.2, 0.25) is 0 Å². The van der Waals surface area contributed by atoms with Gasteiger partial charge in [-0.3, -0.25) is 9.80 Å². The van der Waals surface area contributed by atoms with Crippen LogP contribution in [-0.4, -0.2) is 30.4 Å². The molecule has 0 spiro atoms. The molecule has 2 N–H and O–H groups in total. The summed E-state index contributed by atoms with van der Waals surface area (Å²) >= 11 is 0. The summed E-state index contributed by atoms with van der Waals surface area (Å²) in [6, 6.07) is 16.5. The summed E-state index contributed by atoms with van der Waals surface area (Å²) in [7, 11) is 0. The van der Waals surface area contributed by atoms with Crippen LogP contribution < -0.4 is 15.5 Å². The van der Waals surface area contributed by atoms with E-state index in [1.165, 1.54) is 18.2 Å². The molecule has 3 aromatic carbocycles. The van der Waals surface area contributed by atoms with Crippen LogP contribution in [0.25, 0.3) is 10.8 Å². The number of nitrogen functional groups attached to an aromatic ring is 1. The largest absolute Gasteiger partial charge is 0.573 e. The van der Waals surface area contributed by atoms with Crippen molar-refractivity contribution >= 4 is 28.1 Å². The maximum absolute atomic E-state index is 13.2. The third kappa shape index (κ3) is 3.98. The van der Waals surface area contributed by atoms with Crippen LogP contribution in [0.3, 0.4) is 0 Å². The minimum Gasteiger partial charge on any atom is -0.406 e. The highest BCUT2D eigenvalue weighted by molar-refractivity contribution is 6.03. The minimum atomic E-state index is -4.82. The molecule has 0 unspecified atom stereocenters. The van der Waals surface area contributed by atoms with Gasteiger partial charge >= 0.3 is 6.36 Å². The van der Waals surface area contributed by atoms with E-state index in [0.29, 0.717) is 18.8 Å². The Hall–Kier alpha value is -3.42. The van der Waals surface area contributed by atoms with Crippen LogP contribution in [0.5, 0.6) is 5.75 Å². The van der Waals surface area contributed by atoms with Crippen molar-refractivity contribution in [2.45, 2.75) is 19.2 Å². The number of alkyl halides is 3. The van der Waals surface area contributed by atoms with E-state index < -0.39 is 12.1 Å². The number of rotatable bonds is 3. The number of benzene rings is 3. The lowest BCUT2D eigenvalue weighted by molar-refractivity contribution is -0.274. The molecular formula is C22H20F3N3O2. The van der Waals surface area contributed by atoms with E-state index in [1.54, 1.807) is 11.1 Å². The summed E-state index contributed by atoms with van der Waals surface area (Å²) < 4.78 is 41.6. The molecule has 156 valence electrons. The molecule has 4 rings (SSSR count). The molecule has 0 saturated carbocycles. The van der Waals surface area contributed by atoms with Crippen molar-refractivity contribution in [1.29, 1.82) is 0 Å². The van der Waals surface area contributed by atoms with Crippen LogP contribution in [0.4, 0.5) is 24.5 Å². The zero-order chi connectivity index (χ0) is 21.3. The van der Waals surface area contributed by atoms with Gasteiger partial charge in [0.1, 0.15) is 5.75 Å². The molecule has 3 aromatic rings. The highest BCUT2D eigenvalue weighted by Crippen LogP contribution is 2.34. The second-order valence-corrected chi connectivity index (χ2v) is 7.05. The molecule has 0 radical (unpaired) electrons. The van der Waals surface area contributed by atoms with E-state index in [-0.39, 0.29) is 11.5 Å². The van der Waals surface area contributed by atoms with Crippen molar-refractivity contribution in [1.82, 2.24) is 5.01 Å². The molecule has 0 atom stereocenters. The highest BCUT2D eigenvalue weighted by Gasteiger charge is 2.32. The maximum Gasteiger partial charge on any atom is 0.573 e. The Morgan fingerprint density at radius 1 is 0.933 bits per heavy atom. The predicted octanol–water partition coefficient (Wildman–Crippen LogP) is 4.98. The Labute approximate surface area is 171 Å². The SMILES string of the molecule is Nc1ccc(N2CCCCN2C(=O)c2cccc(OC(F)(F)F)c2)c2ccccc12. The molecule has 0 aromatic heterocycles. The van der Waals surface area contributed by atoms with Gasteiger partial charge in [-0.05, 0) is 43.2 Å². The number of hydrogen-bond donors (Lipinski definition) is 1. The number of hydrogen-bond acceptors (Lipinski definition) is 4. The second-order valence-electron chi connectivity index (χ2n) is 7.05. The van der Waals surface area contributed by atoms with E-state index in [0.717, 1.165) is 35.4 Å². The summed E-state index contributed by atoms with van der Waals surface area (Å²) in [6.45, 7) is 1.07. The topological polar surface area (TPSA) is 58.8 Å². The number of fused-ring (bicyclic) bond motifs is 1. The summed E-state index contributed by atoms with van der Waals surface area (Å²) in [5, 5.41) is 5.25. The number of ether oxygens (including phenoxy) is 1. The highest BCUT2D eigenvalue weighted by atomic mass is 19.4. The van der Waals surface area contributed by atoms with Crippen molar-refractivity contribution < 1.29 is 22.7 Å². The van der Waals surface area contributed by atoms with Gasteiger partial charge in [-0.25, -0.2) is 5.01 Å². The third-order valence-corrected chi connectivity index (χ3v) is 5.04. The smallest absolute Gasteiger partial charge is 0.406 e. The first kappa shape index (κ1) is 19.9. The fraction of sp³-hybridized carbons (Fsp3) is 0.227. The number of hydrazine groups is 1. The van der Waals surface area contributed by atoms with Crippen molar-refractivity contribution in [2.75, 3.05) is 23.8 Å². The fourth-order valence-corrected chi connectivity index (χ4v) is 3.73. The molecular weight excluding hydrogens is 395 g/mol. The molecule has 1 aliphatic heterocycles. The number of nitrogens with zero attached hydrogens (tertiary/aromatic N) is 2. The fourth-order valence-electron chi connectivity index (χ4n) is 3.73. The molecule has 0 aliphatic carbocycles. The Kier molecular flexibility index (Phi) is 5.15. The monoisotopic (exact) mass is 415 g/mol. The Morgan fingerprint density at radius 3 is 2.43 bits per heavy atom. The summed E-state index contributed by atoms with van der Waals surface area (Å²) in [6.07, 6.45) is -3.13. The average Bonchev–Trinajstić information content (AvgIpc) is 2.73. The first-order valence-corrected chi connectivity index (χ1v) is 9.56. The molecule has 1 amide bonds. The van der Waals surface area contributed by atoms with E-state index in [1.807, 2.05) is 35.3 Å². The first-order valence-electron chi connectivity index (χ1n) is 9.56. The molecule has 8 heteroatoms. The first-order chi connectivity index (χ1) is 14.3. The molecule has 30 heavy (non-hydrogen) atoms. The Bertz CT molecular complexity index is 1080. The zero-order valence-electron chi connectivity index (χ0n) is 16.0. The van der Waals surface area contributed by atoms with Crippen LogP contribution in [0.2, 0.25) is 0 Å². The van der Waals surface area contributed by atoms with Gasteiger partial charge in [-0.1, -0.05) is 30.3 Å². The van der Waals surface area contributed by atoms with Gasteiger partial charge in [0.15, 0.2) is 0 Å². The zero-order valence-corrected chi connectivity index (χ0v) is 16.0. The molecule has 0 bridgehead atoms. The van der Waals surface area contributed by atoms with Gasteiger partial charge in [0.05, 0.1) is 5.69 Å². The van der Waals surface area contributed by atoms with Crippen molar-refractivity contribution in [2.24, 2.45) is 0 Å². The third-order valence-electron chi connectivity index (χ3n) is 5.04. The number of carbonyl (C=O) groups is 1. The summed E-state index contributed by atoms with van der Waals surface area (Å²) in [5.41, 5.74) is 7.70. The number of amides is 1. The number of carbonyl (C=O) groups excluding carboxylic acids is 1. The number of anilines is 2. The standard InChI is InChI=1S/C22H20F3N3O2/c23-22(24,25)30-16-7-5-6-15(14-16)21(29)28-13-4-3-12-27(28)20-11-10-19(26)17-8-1-2-9-18(17)20/h1-2,5-11,14H,3-4,12-13,26H2. The van der Waals surface area contributed by atoms with Gasteiger partial charge in [-0.2, -0.15) is 0 Å². The van der Waals surface area contributed by atoms with Gasteiger partial charge in [-0.15, -0.1) is 13.2 Å². The van der Waals surface area contributed by atoms with Crippen LogP contribution in [-0.2, 0) is 0 Å². The maximum atomic E-state index is 13.2. The number of nitrogens with two attached hydrogens (primary N) is 1. The summed E-state index contributed by atoms with van der Waals surface area (Å²) in [4.78, 5) is 13.2. The van der Waals surface area contributed by atoms with Crippen molar-refractivity contribution in [3.63, 3.8) is 0 Å². The molecule has 1 saturated heterocycles. The van der Waals surface area contributed by atoms with Gasteiger partial charge < -0.3 is 10.5 Å². The lowest BCUT2D eigenvalue weighted by atomic mass is 10.1. The molecule has 1 aliphatic rings. The second kappa shape index (κ2) is 7.78. The van der Waals surface area contributed by atoms with Crippen molar-refractivity contribution in [3.8, 4) is 5.75 Å². The van der Waals surface area contributed by atoms with E-state index >= 15 is 0 Å². The minimum absolute atomic E-state index is 0.128. The van der Waals surface area contributed by atoms with Gasteiger partial charge in [0.25, 0.3) is 5.91 Å². The average molecular weight is 415 g/mol.